The van der Waals surface area contributed by atoms with Gasteiger partial charge in [-0.3, -0.25) is 14.4 Å². The molecule has 0 spiro atoms. The number of carbonyl (C=O) groups excluding carboxylic acids is 4. The van der Waals surface area contributed by atoms with Crippen molar-refractivity contribution in [2.24, 2.45) is 11.8 Å². The maximum absolute atomic E-state index is 13.4. The second kappa shape index (κ2) is 10.3. The molecule has 3 fully saturated rings. The average molecular weight is 553 g/mol. The summed E-state index contributed by atoms with van der Waals surface area (Å²) in [5.41, 5.74) is -0.860. The number of benzene rings is 1. The van der Waals surface area contributed by atoms with Crippen LogP contribution in [0, 0.1) is 11.8 Å². The maximum Gasteiger partial charge on any atom is 0.410 e. The molecule has 0 bridgehead atoms. The van der Waals surface area contributed by atoms with Crippen molar-refractivity contribution in [1.29, 1.82) is 0 Å². The summed E-state index contributed by atoms with van der Waals surface area (Å²) in [6.45, 7) is 10.1. The van der Waals surface area contributed by atoms with Gasteiger partial charge in [-0.2, -0.15) is 0 Å². The summed E-state index contributed by atoms with van der Waals surface area (Å²) in [4.78, 5) is 56.6. The van der Waals surface area contributed by atoms with Gasteiger partial charge < -0.3 is 24.8 Å². The Kier molecular flexibility index (Phi) is 7.68. The smallest absolute Gasteiger partial charge is 0.410 e. The Balaban J connectivity index is 1.38. The van der Waals surface area contributed by atoms with Gasteiger partial charge in [-0.05, 0) is 45.4 Å². The number of rotatable bonds is 5. The van der Waals surface area contributed by atoms with E-state index in [9.17, 15) is 19.2 Å². The number of halogens is 2. The summed E-state index contributed by atoms with van der Waals surface area (Å²) >= 11 is 12.3. The van der Waals surface area contributed by atoms with E-state index in [-0.39, 0.29) is 36.4 Å². The van der Waals surface area contributed by atoms with E-state index in [1.807, 2.05) is 12.1 Å². The molecule has 3 saturated heterocycles. The molecule has 2 unspecified atom stereocenters. The number of Topliss-reactive ketones (excluding diaryl/α,β-unsaturated/α-hetero) is 1. The van der Waals surface area contributed by atoms with Gasteiger partial charge in [0.1, 0.15) is 11.1 Å². The number of piperazine rings is 1. The van der Waals surface area contributed by atoms with Crippen LogP contribution in [0.1, 0.15) is 40.5 Å². The van der Waals surface area contributed by atoms with Crippen LogP contribution in [0.3, 0.4) is 0 Å². The molecular weight excluding hydrogens is 519 g/mol. The van der Waals surface area contributed by atoms with Gasteiger partial charge in [-0.15, -0.1) is 0 Å². The second-order valence-electron chi connectivity index (χ2n) is 11.2. The van der Waals surface area contributed by atoms with Gasteiger partial charge in [0.05, 0.1) is 6.42 Å². The molecule has 3 heterocycles. The van der Waals surface area contributed by atoms with Crippen LogP contribution in [0.15, 0.2) is 18.2 Å². The van der Waals surface area contributed by atoms with Crippen LogP contribution < -0.4 is 10.2 Å². The fraction of sp³-hybridized carbons (Fsp3) is 0.615. The lowest BCUT2D eigenvalue weighted by Crippen LogP contribution is -2.66. The predicted molar refractivity (Wildman–Crippen MR) is 141 cm³/mol. The van der Waals surface area contributed by atoms with Crippen LogP contribution in [-0.2, 0) is 19.1 Å². The van der Waals surface area contributed by atoms with Crippen molar-refractivity contribution in [3.63, 3.8) is 0 Å². The van der Waals surface area contributed by atoms with E-state index in [4.69, 9.17) is 27.9 Å². The quantitative estimate of drug-likeness (QED) is 0.562. The molecule has 202 valence electrons. The predicted octanol–water partition coefficient (Wildman–Crippen LogP) is 3.36. The molecule has 9 nitrogen and oxygen atoms in total. The van der Waals surface area contributed by atoms with Crippen molar-refractivity contribution >= 4 is 52.6 Å². The number of hydrogen-bond donors (Lipinski definition) is 1. The lowest BCUT2D eigenvalue weighted by molar-refractivity contribution is -0.138. The Labute approximate surface area is 227 Å². The lowest BCUT2D eigenvalue weighted by Gasteiger charge is -2.48. The Morgan fingerprint density at radius 2 is 1.65 bits per heavy atom. The number of hydrogen-bond acceptors (Lipinski definition) is 6. The van der Waals surface area contributed by atoms with Crippen LogP contribution in [-0.4, -0.2) is 83.9 Å². The minimum Gasteiger partial charge on any atom is -0.444 e. The number of ether oxygens (including phenoxy) is 1. The number of nitrogens with one attached hydrogen (secondary N) is 1. The van der Waals surface area contributed by atoms with Gasteiger partial charge in [-0.1, -0.05) is 30.1 Å². The second-order valence-corrected chi connectivity index (χ2v) is 12.1. The first-order valence-corrected chi connectivity index (χ1v) is 13.3. The highest BCUT2D eigenvalue weighted by Crippen LogP contribution is 2.38. The van der Waals surface area contributed by atoms with Gasteiger partial charge in [0, 0.05) is 66.8 Å². The van der Waals surface area contributed by atoms with E-state index in [0.717, 1.165) is 5.69 Å². The minimum atomic E-state index is -1.15. The van der Waals surface area contributed by atoms with Gasteiger partial charge in [0.15, 0.2) is 5.78 Å². The molecule has 1 aromatic rings. The van der Waals surface area contributed by atoms with Crippen LogP contribution in [0.5, 0.6) is 0 Å². The Morgan fingerprint density at radius 1 is 1.05 bits per heavy atom. The Morgan fingerprint density at radius 3 is 2.16 bits per heavy atom. The summed E-state index contributed by atoms with van der Waals surface area (Å²) in [5, 5.41) is 4.00. The van der Waals surface area contributed by atoms with E-state index >= 15 is 0 Å². The van der Waals surface area contributed by atoms with Gasteiger partial charge in [0.2, 0.25) is 11.8 Å². The number of carbonyl (C=O) groups is 4. The zero-order valence-corrected chi connectivity index (χ0v) is 23.2. The van der Waals surface area contributed by atoms with Crippen molar-refractivity contribution in [2.45, 2.75) is 51.7 Å². The summed E-state index contributed by atoms with van der Waals surface area (Å²) in [6.07, 6.45) is -0.448. The first-order valence-electron chi connectivity index (χ1n) is 12.6. The lowest BCUT2D eigenvalue weighted by atomic mass is 9.72. The summed E-state index contributed by atoms with van der Waals surface area (Å²) in [7, 11) is 0. The van der Waals surface area contributed by atoms with E-state index in [1.165, 1.54) is 4.90 Å². The van der Waals surface area contributed by atoms with Gasteiger partial charge in [0.25, 0.3) is 0 Å². The Hall–Kier alpha value is -2.52. The van der Waals surface area contributed by atoms with Crippen molar-refractivity contribution in [2.75, 3.05) is 44.2 Å². The fourth-order valence-corrected chi connectivity index (χ4v) is 5.90. The normalized spacial score (nSPS) is 23.6. The highest BCUT2D eigenvalue weighted by Gasteiger charge is 2.57. The van der Waals surface area contributed by atoms with Crippen LogP contribution in [0.25, 0.3) is 0 Å². The largest absolute Gasteiger partial charge is 0.444 e. The molecule has 1 aromatic carbocycles. The molecule has 0 aromatic heterocycles. The number of anilines is 1. The molecule has 0 saturated carbocycles. The van der Waals surface area contributed by atoms with Gasteiger partial charge in [-0.25, -0.2) is 4.79 Å². The number of nitrogens with zero attached hydrogens (tertiary/aromatic N) is 3. The van der Waals surface area contributed by atoms with Crippen LogP contribution in [0.2, 0.25) is 10.0 Å². The van der Waals surface area contributed by atoms with Crippen LogP contribution >= 0.6 is 23.2 Å². The Bertz CT molecular complexity index is 1070. The molecule has 1 N–H and O–H groups in total. The first kappa shape index (κ1) is 27.5. The van der Waals surface area contributed by atoms with Crippen molar-refractivity contribution in [3.05, 3.63) is 28.2 Å². The van der Waals surface area contributed by atoms with Crippen molar-refractivity contribution in [1.82, 2.24) is 15.1 Å². The monoisotopic (exact) mass is 552 g/mol. The average Bonchev–Trinajstić information content (AvgIpc) is 3.03. The molecular formula is C26H34Cl2N4O5. The minimum absolute atomic E-state index is 0.0552. The van der Waals surface area contributed by atoms with Crippen molar-refractivity contribution < 1.29 is 23.9 Å². The third-order valence-corrected chi connectivity index (χ3v) is 7.70. The van der Waals surface area contributed by atoms with E-state index < -0.39 is 23.2 Å². The standard InChI is InChI=1S/C26H34Cl2N4O5/c1-16(23(35)31-7-5-30(6-8-31)20-10-18(27)9-19(28)11-20)13-26(21(33)12-22(34)29-26)17-14-32(15-17)24(36)37-25(2,3)4/h9-11,16-17H,5-8,12-15H2,1-4H3,(H,29,34). The highest BCUT2D eigenvalue weighted by molar-refractivity contribution is 6.35. The molecule has 0 radical (unpaired) electrons. The van der Waals surface area contributed by atoms with E-state index in [0.29, 0.717) is 49.3 Å². The summed E-state index contributed by atoms with van der Waals surface area (Å²) in [6, 6.07) is 5.39. The van der Waals surface area contributed by atoms with Gasteiger partial charge >= 0.3 is 6.09 Å². The third-order valence-electron chi connectivity index (χ3n) is 7.26. The number of ketones is 1. The molecule has 3 aliphatic rings. The first-order chi connectivity index (χ1) is 17.3. The third kappa shape index (κ3) is 5.98. The van der Waals surface area contributed by atoms with E-state index in [1.54, 1.807) is 38.7 Å². The molecule has 0 aliphatic carbocycles. The zero-order valence-electron chi connectivity index (χ0n) is 21.7. The fourth-order valence-electron chi connectivity index (χ4n) is 5.38. The molecule has 4 rings (SSSR count). The summed E-state index contributed by atoms with van der Waals surface area (Å²) < 4.78 is 5.42. The summed E-state index contributed by atoms with van der Waals surface area (Å²) in [5.74, 6) is -1.35. The molecule has 3 amide bonds. The highest BCUT2D eigenvalue weighted by atomic mass is 35.5. The van der Waals surface area contributed by atoms with E-state index in [2.05, 4.69) is 10.2 Å². The molecule has 3 aliphatic heterocycles. The molecule has 2 atom stereocenters. The zero-order chi connectivity index (χ0) is 27.1. The van der Waals surface area contributed by atoms with Crippen LogP contribution in [0.4, 0.5) is 10.5 Å². The number of amides is 3. The molecule has 37 heavy (non-hydrogen) atoms. The van der Waals surface area contributed by atoms with Crippen molar-refractivity contribution in [3.8, 4) is 0 Å². The topological polar surface area (TPSA) is 99.3 Å². The molecule has 11 heteroatoms. The maximum atomic E-state index is 13.4. The number of likely N-dealkylation sites (tertiary alicyclic amines) is 1. The SMILES string of the molecule is CC(CC1(C2CN(C(=O)OC(C)(C)C)C2)NC(=O)CC1=O)C(=O)N1CCN(c2cc(Cl)cc(Cl)c2)CC1.